The molecule has 38 heavy (non-hydrogen) atoms. The van der Waals surface area contributed by atoms with Gasteiger partial charge in [0.2, 0.25) is 5.91 Å². The van der Waals surface area contributed by atoms with E-state index in [1.165, 1.54) is 28.0 Å². The third kappa shape index (κ3) is 5.50. The highest BCUT2D eigenvalue weighted by molar-refractivity contribution is 5.91. The molecule has 1 aromatic heterocycles. The second-order valence-electron chi connectivity index (χ2n) is 10.4. The summed E-state index contributed by atoms with van der Waals surface area (Å²) in [5.41, 5.74) is 1.21. The number of aliphatic hydroxyl groups excluding tert-OH is 1. The monoisotopic (exact) mass is 527 g/mol. The number of piperidine rings is 2. The molecule has 3 N–H and O–H groups in total. The molecule has 1 unspecified atom stereocenters. The molecule has 9 heteroatoms. The molecule has 0 bridgehead atoms. The van der Waals surface area contributed by atoms with Crippen molar-refractivity contribution in [1.82, 2.24) is 14.8 Å². The fourth-order valence-corrected chi connectivity index (χ4v) is 5.66. The normalized spacial score (nSPS) is 19.9. The molecule has 2 fully saturated rings. The van der Waals surface area contributed by atoms with Crippen LogP contribution in [0.5, 0.6) is 0 Å². The number of rotatable bonds is 6. The minimum absolute atomic E-state index is 0.0344. The lowest BCUT2D eigenvalue weighted by molar-refractivity contribution is -0.140. The van der Waals surface area contributed by atoms with E-state index in [1.807, 2.05) is 6.07 Å². The summed E-state index contributed by atoms with van der Waals surface area (Å²) in [6.07, 6.45) is 5.95. The average Bonchev–Trinajstić information content (AvgIpc) is 3.35. The van der Waals surface area contributed by atoms with Gasteiger partial charge in [-0.25, -0.2) is 13.2 Å². The molecular formula is C29H32F3N3O3. The second kappa shape index (κ2) is 10.9. The van der Waals surface area contributed by atoms with Gasteiger partial charge in [0.05, 0.1) is 11.7 Å². The van der Waals surface area contributed by atoms with Crippen molar-refractivity contribution in [2.75, 3.05) is 32.7 Å². The molecule has 2 aliphatic heterocycles. The van der Waals surface area contributed by atoms with Gasteiger partial charge < -0.3 is 25.0 Å². The number of fused-ring (bicyclic) bond motifs is 1. The number of nitrogens with zero attached hydrogens (tertiary/aromatic N) is 2. The molecule has 0 aliphatic carbocycles. The van der Waals surface area contributed by atoms with Crippen molar-refractivity contribution in [1.29, 1.82) is 0 Å². The van der Waals surface area contributed by atoms with E-state index in [4.69, 9.17) is 0 Å². The Bertz CT molecular complexity index is 1300. The van der Waals surface area contributed by atoms with Gasteiger partial charge in [0.15, 0.2) is 17.5 Å². The van der Waals surface area contributed by atoms with E-state index in [0.29, 0.717) is 12.5 Å². The third-order valence-corrected chi connectivity index (χ3v) is 8.07. The lowest BCUT2D eigenvalue weighted by atomic mass is 9.84. The lowest BCUT2D eigenvalue weighted by Gasteiger charge is -2.43. The van der Waals surface area contributed by atoms with Crippen molar-refractivity contribution in [2.45, 2.75) is 43.3 Å². The van der Waals surface area contributed by atoms with Crippen molar-refractivity contribution < 1.29 is 28.2 Å². The van der Waals surface area contributed by atoms with E-state index in [0.717, 1.165) is 43.6 Å². The number of halogens is 3. The van der Waals surface area contributed by atoms with Crippen LogP contribution in [0.25, 0.3) is 17.0 Å². The number of carbonyl (C=O) groups is 1. The van der Waals surface area contributed by atoms with Crippen LogP contribution >= 0.6 is 0 Å². The Hall–Kier alpha value is -3.14. The molecule has 5 rings (SSSR count). The molecule has 0 saturated carbocycles. The maximum atomic E-state index is 13.4. The molecule has 0 spiro atoms. The Balaban J connectivity index is 1.10. The third-order valence-electron chi connectivity index (χ3n) is 8.07. The first-order valence-electron chi connectivity index (χ1n) is 13.0. The minimum Gasteiger partial charge on any atom is -0.389 e. The molecular weight excluding hydrogens is 495 g/mol. The molecule has 202 valence electrons. The summed E-state index contributed by atoms with van der Waals surface area (Å²) in [5, 5.41) is 23.3. The minimum atomic E-state index is -1.55. The standard InChI is InChI=1S/C29H32F3N3O3/c30-23-15-19(16-24(31)28(23)32)5-6-27(37)35-13-9-29(38,10-14-35)26(36)18-34-11-7-20(8-12-34)22-17-33-25-4-2-1-3-21(22)25/h1-6,15-17,20,26,33,36,38H,7-14,18H2/b6-5+. The highest BCUT2D eigenvalue weighted by Gasteiger charge is 2.40. The number of hydrogen-bond acceptors (Lipinski definition) is 4. The maximum Gasteiger partial charge on any atom is 0.246 e. The fourth-order valence-electron chi connectivity index (χ4n) is 5.66. The predicted octanol–water partition coefficient (Wildman–Crippen LogP) is 4.19. The first-order chi connectivity index (χ1) is 18.2. The number of hydrogen-bond donors (Lipinski definition) is 3. The molecule has 0 radical (unpaired) electrons. The molecule has 6 nitrogen and oxygen atoms in total. The second-order valence-corrected chi connectivity index (χ2v) is 10.4. The smallest absolute Gasteiger partial charge is 0.246 e. The Kier molecular flexibility index (Phi) is 7.61. The van der Waals surface area contributed by atoms with Gasteiger partial charge in [-0.1, -0.05) is 18.2 Å². The summed E-state index contributed by atoms with van der Waals surface area (Å²) in [5.74, 6) is -4.13. The number of aromatic nitrogens is 1. The van der Waals surface area contributed by atoms with Crippen LogP contribution in [0.1, 0.15) is 42.7 Å². The lowest BCUT2D eigenvalue weighted by Crippen LogP contribution is -2.56. The zero-order valence-electron chi connectivity index (χ0n) is 21.0. The zero-order chi connectivity index (χ0) is 26.9. The Labute approximate surface area is 219 Å². The van der Waals surface area contributed by atoms with E-state index >= 15 is 0 Å². The molecule has 2 aromatic carbocycles. The number of aliphatic hydroxyl groups is 2. The summed E-state index contributed by atoms with van der Waals surface area (Å²) < 4.78 is 39.9. The van der Waals surface area contributed by atoms with Gasteiger partial charge in [0.25, 0.3) is 0 Å². The number of aromatic amines is 1. The van der Waals surface area contributed by atoms with Crippen LogP contribution in [0.3, 0.4) is 0 Å². The van der Waals surface area contributed by atoms with Gasteiger partial charge in [-0.3, -0.25) is 4.79 Å². The van der Waals surface area contributed by atoms with Crippen LogP contribution in [0.2, 0.25) is 0 Å². The molecule has 2 aliphatic rings. The number of para-hydroxylation sites is 1. The van der Waals surface area contributed by atoms with Crippen LogP contribution in [-0.4, -0.2) is 75.3 Å². The molecule has 1 atom stereocenters. The van der Waals surface area contributed by atoms with Crippen LogP contribution in [-0.2, 0) is 4.79 Å². The van der Waals surface area contributed by atoms with Crippen molar-refractivity contribution in [3.63, 3.8) is 0 Å². The topological polar surface area (TPSA) is 79.8 Å². The summed E-state index contributed by atoms with van der Waals surface area (Å²) >= 11 is 0. The average molecular weight is 528 g/mol. The van der Waals surface area contributed by atoms with Crippen LogP contribution in [0.15, 0.2) is 48.7 Å². The van der Waals surface area contributed by atoms with Crippen LogP contribution < -0.4 is 0 Å². The van der Waals surface area contributed by atoms with E-state index < -0.39 is 29.2 Å². The molecule has 1 amide bonds. The van der Waals surface area contributed by atoms with Crippen molar-refractivity contribution >= 4 is 22.9 Å². The van der Waals surface area contributed by atoms with Gasteiger partial charge in [0, 0.05) is 42.8 Å². The number of H-pyrrole nitrogens is 1. The fraction of sp³-hybridized carbons (Fsp3) is 0.414. The number of amides is 1. The van der Waals surface area contributed by atoms with Gasteiger partial charge in [-0.15, -0.1) is 0 Å². The van der Waals surface area contributed by atoms with Crippen molar-refractivity contribution in [2.24, 2.45) is 0 Å². The molecule has 2 saturated heterocycles. The Morgan fingerprint density at radius 3 is 2.42 bits per heavy atom. The quantitative estimate of drug-likeness (QED) is 0.332. The van der Waals surface area contributed by atoms with E-state index in [-0.39, 0.29) is 37.4 Å². The first-order valence-corrected chi connectivity index (χ1v) is 13.0. The van der Waals surface area contributed by atoms with Gasteiger partial charge in [0.1, 0.15) is 0 Å². The highest BCUT2D eigenvalue weighted by atomic mass is 19.2. The van der Waals surface area contributed by atoms with Crippen LogP contribution in [0, 0.1) is 17.5 Å². The number of likely N-dealkylation sites (tertiary alicyclic amines) is 2. The summed E-state index contributed by atoms with van der Waals surface area (Å²) in [4.78, 5) is 19.6. The number of benzene rings is 2. The zero-order valence-corrected chi connectivity index (χ0v) is 21.0. The maximum absolute atomic E-state index is 13.4. The summed E-state index contributed by atoms with van der Waals surface area (Å²) in [6, 6.07) is 9.92. The number of carbonyl (C=O) groups excluding carboxylic acids is 1. The largest absolute Gasteiger partial charge is 0.389 e. The predicted molar refractivity (Wildman–Crippen MR) is 139 cm³/mol. The van der Waals surface area contributed by atoms with Gasteiger partial charge >= 0.3 is 0 Å². The molecule has 3 heterocycles. The van der Waals surface area contributed by atoms with Crippen molar-refractivity contribution in [3.05, 3.63) is 77.2 Å². The first kappa shape index (κ1) is 26.5. The van der Waals surface area contributed by atoms with Gasteiger partial charge in [-0.2, -0.15) is 0 Å². The summed E-state index contributed by atoms with van der Waals surface area (Å²) in [7, 11) is 0. The van der Waals surface area contributed by atoms with Gasteiger partial charge in [-0.05, 0) is 80.1 Å². The van der Waals surface area contributed by atoms with Crippen molar-refractivity contribution in [3.8, 4) is 0 Å². The van der Waals surface area contributed by atoms with E-state index in [1.54, 1.807) is 0 Å². The number of nitrogens with one attached hydrogen (secondary N) is 1. The number of β-amino-alcohol motifs (C(OH)–C–C–N with tert-alkyl or cyclic N) is 1. The van der Waals surface area contributed by atoms with Crippen LogP contribution in [0.4, 0.5) is 13.2 Å². The van der Waals surface area contributed by atoms with E-state index in [9.17, 15) is 28.2 Å². The highest BCUT2D eigenvalue weighted by Crippen LogP contribution is 2.34. The molecule has 3 aromatic rings. The summed E-state index contributed by atoms with van der Waals surface area (Å²) in [6.45, 7) is 2.51. The SMILES string of the molecule is O=C(/C=C/c1cc(F)c(F)c(F)c1)N1CCC(O)(C(O)CN2CCC(c3c[nH]c4ccccc34)CC2)CC1. The Morgan fingerprint density at radius 1 is 1.08 bits per heavy atom. The Morgan fingerprint density at radius 2 is 1.74 bits per heavy atom. The van der Waals surface area contributed by atoms with E-state index in [2.05, 4.69) is 34.3 Å².